The molecule has 1 fully saturated rings. The van der Waals surface area contributed by atoms with Crippen LogP contribution in [0, 0.1) is 6.92 Å². The summed E-state index contributed by atoms with van der Waals surface area (Å²) in [7, 11) is 1.95. The van der Waals surface area contributed by atoms with Crippen molar-refractivity contribution in [3.05, 3.63) is 11.0 Å². The number of nitrogens with zero attached hydrogens (tertiary/aromatic N) is 3. The van der Waals surface area contributed by atoms with Crippen LogP contribution in [0.25, 0.3) is 0 Å². The van der Waals surface area contributed by atoms with Crippen molar-refractivity contribution < 1.29 is 0 Å². The summed E-state index contributed by atoms with van der Waals surface area (Å²) in [5.74, 6) is 1.94. The fourth-order valence-electron chi connectivity index (χ4n) is 1.70. The van der Waals surface area contributed by atoms with Crippen LogP contribution in [0.15, 0.2) is 0 Å². The average Bonchev–Trinajstić information content (AvgIpc) is 2.70. The van der Waals surface area contributed by atoms with Crippen LogP contribution >= 0.6 is 11.6 Å². The molecule has 3 nitrogen and oxygen atoms in total. The van der Waals surface area contributed by atoms with Gasteiger partial charge < -0.3 is 9.47 Å². The molecule has 1 saturated heterocycles. The lowest BCUT2D eigenvalue weighted by molar-refractivity contribution is 0.859. The monoisotopic (exact) mass is 199 g/mol. The third kappa shape index (κ3) is 1.41. The molecule has 0 bridgehead atoms. The fraction of sp³-hybridized carbons (Fsp3) is 0.667. The van der Waals surface area contributed by atoms with Gasteiger partial charge in [0.1, 0.15) is 5.82 Å². The van der Waals surface area contributed by atoms with Gasteiger partial charge in [0.05, 0.1) is 0 Å². The van der Waals surface area contributed by atoms with Crippen molar-refractivity contribution >= 4 is 17.4 Å². The molecule has 0 atom stereocenters. The van der Waals surface area contributed by atoms with Gasteiger partial charge >= 0.3 is 0 Å². The van der Waals surface area contributed by atoms with E-state index in [9.17, 15) is 0 Å². The largest absolute Gasteiger partial charge is 0.354 e. The Kier molecular flexibility index (Phi) is 2.20. The van der Waals surface area contributed by atoms with Crippen LogP contribution in [0.1, 0.15) is 18.7 Å². The van der Waals surface area contributed by atoms with E-state index in [1.54, 1.807) is 0 Å². The van der Waals surface area contributed by atoms with Gasteiger partial charge in [-0.15, -0.1) is 0 Å². The Morgan fingerprint density at radius 2 is 1.92 bits per heavy atom. The van der Waals surface area contributed by atoms with E-state index in [1.807, 2.05) is 18.5 Å². The molecule has 0 saturated carbocycles. The number of aromatic nitrogens is 2. The summed E-state index contributed by atoms with van der Waals surface area (Å²) in [5.41, 5.74) is 0. The molecule has 72 valence electrons. The smallest absolute Gasteiger partial charge is 0.166 e. The topological polar surface area (TPSA) is 21.1 Å². The third-order valence-corrected chi connectivity index (χ3v) is 3.06. The van der Waals surface area contributed by atoms with Crippen LogP contribution in [0.3, 0.4) is 0 Å². The SMILES string of the molecule is Cc1nc(N2CCCC2)c(Cl)n1C. The van der Waals surface area contributed by atoms with Crippen molar-refractivity contribution in [3.8, 4) is 0 Å². The van der Waals surface area contributed by atoms with Gasteiger partial charge in [0.15, 0.2) is 11.0 Å². The molecule has 0 amide bonds. The quantitative estimate of drug-likeness (QED) is 0.690. The normalized spacial score (nSPS) is 17.0. The van der Waals surface area contributed by atoms with Crippen molar-refractivity contribution in [3.63, 3.8) is 0 Å². The Morgan fingerprint density at radius 1 is 1.31 bits per heavy atom. The first kappa shape index (κ1) is 8.88. The summed E-state index contributed by atoms with van der Waals surface area (Å²) < 4.78 is 1.93. The third-order valence-electron chi connectivity index (χ3n) is 2.64. The van der Waals surface area contributed by atoms with Gasteiger partial charge in [0, 0.05) is 20.1 Å². The number of imidazole rings is 1. The maximum atomic E-state index is 6.15. The van der Waals surface area contributed by atoms with Crippen molar-refractivity contribution in [1.82, 2.24) is 9.55 Å². The summed E-state index contributed by atoms with van der Waals surface area (Å²) in [6.07, 6.45) is 2.51. The van der Waals surface area contributed by atoms with Gasteiger partial charge in [-0.25, -0.2) is 4.98 Å². The van der Waals surface area contributed by atoms with Gasteiger partial charge in [-0.3, -0.25) is 0 Å². The average molecular weight is 200 g/mol. The highest BCUT2D eigenvalue weighted by Gasteiger charge is 2.19. The molecular formula is C9H14ClN3. The van der Waals surface area contributed by atoms with Crippen LogP contribution in [-0.4, -0.2) is 22.6 Å². The zero-order valence-corrected chi connectivity index (χ0v) is 8.80. The molecule has 4 heteroatoms. The second-order valence-corrected chi connectivity index (χ2v) is 3.88. The zero-order valence-electron chi connectivity index (χ0n) is 8.05. The number of halogens is 1. The van der Waals surface area contributed by atoms with Crippen molar-refractivity contribution in [2.24, 2.45) is 7.05 Å². The molecule has 0 radical (unpaired) electrons. The van der Waals surface area contributed by atoms with Gasteiger partial charge in [-0.05, 0) is 19.8 Å². The molecule has 0 N–H and O–H groups in total. The number of rotatable bonds is 1. The summed E-state index contributed by atoms with van der Waals surface area (Å²) in [4.78, 5) is 6.71. The summed E-state index contributed by atoms with van der Waals surface area (Å²) in [6.45, 7) is 4.16. The lowest BCUT2D eigenvalue weighted by atomic mass is 10.4. The van der Waals surface area contributed by atoms with Crippen molar-refractivity contribution in [2.45, 2.75) is 19.8 Å². The van der Waals surface area contributed by atoms with Gasteiger partial charge in [0.25, 0.3) is 0 Å². The predicted molar refractivity (Wildman–Crippen MR) is 54.4 cm³/mol. The summed E-state index contributed by atoms with van der Waals surface area (Å²) in [6, 6.07) is 0. The van der Waals surface area contributed by atoms with E-state index >= 15 is 0 Å². The van der Waals surface area contributed by atoms with E-state index in [2.05, 4.69) is 9.88 Å². The molecule has 1 aliphatic heterocycles. The predicted octanol–water partition coefficient (Wildman–Crippen LogP) is 1.98. The van der Waals surface area contributed by atoms with E-state index in [1.165, 1.54) is 12.8 Å². The number of hydrogen-bond acceptors (Lipinski definition) is 2. The standard InChI is InChI=1S/C9H14ClN3/c1-7-11-9(8(10)12(7)2)13-5-3-4-6-13/h3-6H2,1-2H3. The number of anilines is 1. The van der Waals surface area contributed by atoms with Crippen LogP contribution < -0.4 is 4.90 Å². The maximum absolute atomic E-state index is 6.15. The van der Waals surface area contributed by atoms with Crippen LogP contribution in [0.4, 0.5) is 5.82 Å². The van der Waals surface area contributed by atoms with Crippen LogP contribution in [-0.2, 0) is 7.05 Å². The molecule has 1 aromatic rings. The lowest BCUT2D eigenvalue weighted by Gasteiger charge is -2.14. The number of hydrogen-bond donors (Lipinski definition) is 0. The van der Waals surface area contributed by atoms with E-state index in [0.717, 1.165) is 29.9 Å². The maximum Gasteiger partial charge on any atom is 0.166 e. The Hall–Kier alpha value is -0.700. The molecule has 0 unspecified atom stereocenters. The van der Waals surface area contributed by atoms with Crippen molar-refractivity contribution in [1.29, 1.82) is 0 Å². The van der Waals surface area contributed by atoms with E-state index < -0.39 is 0 Å². The highest BCUT2D eigenvalue weighted by Crippen LogP contribution is 2.27. The van der Waals surface area contributed by atoms with Crippen LogP contribution in [0.5, 0.6) is 0 Å². The minimum Gasteiger partial charge on any atom is -0.354 e. The molecule has 2 heterocycles. The summed E-state index contributed by atoms with van der Waals surface area (Å²) >= 11 is 6.15. The minimum absolute atomic E-state index is 0.763. The van der Waals surface area contributed by atoms with Gasteiger partial charge in [-0.1, -0.05) is 11.6 Å². The Labute approximate surface area is 83.3 Å². The first-order valence-electron chi connectivity index (χ1n) is 4.64. The van der Waals surface area contributed by atoms with Crippen LogP contribution in [0.2, 0.25) is 5.15 Å². The molecule has 0 aromatic carbocycles. The van der Waals surface area contributed by atoms with E-state index in [-0.39, 0.29) is 0 Å². The molecule has 0 aliphatic carbocycles. The Bertz CT molecular complexity index is 313. The van der Waals surface area contributed by atoms with Gasteiger partial charge in [0.2, 0.25) is 0 Å². The fourth-order valence-corrected chi connectivity index (χ4v) is 1.98. The molecule has 2 rings (SSSR count). The highest BCUT2D eigenvalue weighted by atomic mass is 35.5. The summed E-state index contributed by atoms with van der Waals surface area (Å²) in [5, 5.41) is 0.763. The van der Waals surface area contributed by atoms with Gasteiger partial charge in [-0.2, -0.15) is 0 Å². The molecule has 0 spiro atoms. The Morgan fingerprint density at radius 3 is 2.38 bits per heavy atom. The molecular weight excluding hydrogens is 186 g/mol. The second kappa shape index (κ2) is 3.22. The van der Waals surface area contributed by atoms with E-state index in [0.29, 0.717) is 0 Å². The second-order valence-electron chi connectivity index (χ2n) is 3.53. The minimum atomic E-state index is 0.763. The van der Waals surface area contributed by atoms with E-state index in [4.69, 9.17) is 11.6 Å². The zero-order chi connectivity index (χ0) is 9.42. The first-order chi connectivity index (χ1) is 6.20. The van der Waals surface area contributed by atoms with Crippen molar-refractivity contribution in [2.75, 3.05) is 18.0 Å². The lowest BCUT2D eigenvalue weighted by Crippen LogP contribution is -2.18. The number of aryl methyl sites for hydroxylation is 1. The Balaban J connectivity index is 2.34. The first-order valence-corrected chi connectivity index (χ1v) is 5.01. The molecule has 1 aromatic heterocycles. The molecule has 13 heavy (non-hydrogen) atoms. The highest BCUT2D eigenvalue weighted by molar-refractivity contribution is 6.32. The molecule has 1 aliphatic rings.